The number of pyridine rings is 1. The lowest BCUT2D eigenvalue weighted by Crippen LogP contribution is -1.90. The maximum Gasteiger partial charge on any atom is 0.137 e. The van der Waals surface area contributed by atoms with Crippen LogP contribution in [0, 0.1) is 6.92 Å². The number of nitrogens with zero attached hydrogens (tertiary/aromatic N) is 2. The van der Waals surface area contributed by atoms with Crippen molar-refractivity contribution >= 4 is 38.2 Å². The van der Waals surface area contributed by atoms with E-state index in [1.165, 1.54) is 21.5 Å². The van der Waals surface area contributed by atoms with Gasteiger partial charge in [-0.15, -0.1) is 0 Å². The summed E-state index contributed by atoms with van der Waals surface area (Å²) in [5.74, 6) is 0.917. The molecule has 2 heterocycles. The van der Waals surface area contributed by atoms with Gasteiger partial charge in [-0.25, -0.2) is 4.98 Å². The second kappa shape index (κ2) is 4.71. The number of rotatable bonds is 1. The summed E-state index contributed by atoms with van der Waals surface area (Å²) in [5.41, 5.74) is 4.31. The van der Waals surface area contributed by atoms with E-state index in [-0.39, 0.29) is 0 Å². The number of aromatic nitrogens is 2. The highest BCUT2D eigenvalue weighted by atomic mass is 16.5. The fourth-order valence-electron chi connectivity index (χ4n) is 3.69. The van der Waals surface area contributed by atoms with E-state index in [0.717, 1.165) is 28.0 Å². The summed E-state index contributed by atoms with van der Waals surface area (Å²) in [6, 6.07) is 19.0. The second-order valence-corrected chi connectivity index (χ2v) is 6.15. The van der Waals surface area contributed by atoms with Crippen molar-refractivity contribution in [3.05, 3.63) is 66.4 Å². The van der Waals surface area contributed by atoms with Gasteiger partial charge in [-0.1, -0.05) is 30.3 Å². The van der Waals surface area contributed by atoms with Crippen LogP contribution in [-0.4, -0.2) is 16.5 Å². The number of benzene rings is 3. The van der Waals surface area contributed by atoms with Gasteiger partial charge in [0.2, 0.25) is 0 Å². The molecular weight excluding hydrogens is 296 g/mol. The van der Waals surface area contributed by atoms with E-state index in [9.17, 15) is 0 Å². The lowest BCUT2D eigenvalue weighted by molar-refractivity contribution is 0.412. The summed E-state index contributed by atoms with van der Waals surface area (Å²) >= 11 is 0. The number of fused-ring (bicyclic) bond motifs is 8. The molecule has 0 N–H and O–H groups in total. The van der Waals surface area contributed by atoms with Crippen LogP contribution in [0.1, 0.15) is 5.56 Å². The molecule has 0 aliphatic rings. The zero-order valence-corrected chi connectivity index (χ0v) is 13.6. The minimum Gasteiger partial charge on any atom is -0.496 e. The van der Waals surface area contributed by atoms with Crippen LogP contribution in [0.2, 0.25) is 0 Å². The first-order valence-electron chi connectivity index (χ1n) is 8.04. The van der Waals surface area contributed by atoms with Crippen LogP contribution in [0.25, 0.3) is 38.2 Å². The molecule has 0 spiro atoms. The predicted octanol–water partition coefficient (Wildman–Crippen LogP) is 5.11. The average Bonchev–Trinajstić information content (AvgIpc) is 3.01. The first kappa shape index (κ1) is 13.4. The van der Waals surface area contributed by atoms with Crippen LogP contribution < -0.4 is 4.74 Å². The Morgan fingerprint density at radius 1 is 0.875 bits per heavy atom. The third-order valence-electron chi connectivity index (χ3n) is 4.79. The third-order valence-corrected chi connectivity index (χ3v) is 4.79. The first-order valence-corrected chi connectivity index (χ1v) is 8.04. The van der Waals surface area contributed by atoms with Gasteiger partial charge in [-0.2, -0.15) is 0 Å². The lowest BCUT2D eigenvalue weighted by Gasteiger charge is -2.11. The lowest BCUT2D eigenvalue weighted by atomic mass is 9.98. The summed E-state index contributed by atoms with van der Waals surface area (Å²) in [4.78, 5) is 4.90. The molecule has 0 saturated heterocycles. The Hall–Kier alpha value is -3.07. The highest BCUT2D eigenvalue weighted by molar-refractivity contribution is 6.24. The van der Waals surface area contributed by atoms with E-state index < -0.39 is 0 Å². The Morgan fingerprint density at radius 3 is 2.50 bits per heavy atom. The number of methoxy groups -OCH3 is 1. The molecule has 0 bridgehead atoms. The number of hydrogen-bond acceptors (Lipinski definition) is 2. The highest BCUT2D eigenvalue weighted by Gasteiger charge is 2.15. The normalized spacial score (nSPS) is 11.8. The van der Waals surface area contributed by atoms with Crippen molar-refractivity contribution in [1.29, 1.82) is 0 Å². The molecular formula is C21H16N2O. The molecule has 0 radical (unpaired) electrons. The zero-order chi connectivity index (χ0) is 16.3. The van der Waals surface area contributed by atoms with Crippen molar-refractivity contribution in [2.24, 2.45) is 0 Å². The van der Waals surface area contributed by atoms with E-state index in [1.807, 2.05) is 12.1 Å². The standard InChI is InChI=1S/C21H16N2O/c1-13-11-17-16(12-18(13)24-2)14-7-3-4-8-15(14)20-21(17)23-10-6-5-9-19(23)22-20/h3-12H,1-2H3. The van der Waals surface area contributed by atoms with E-state index in [4.69, 9.17) is 9.72 Å². The molecule has 0 atom stereocenters. The molecule has 24 heavy (non-hydrogen) atoms. The largest absolute Gasteiger partial charge is 0.496 e. The summed E-state index contributed by atoms with van der Waals surface area (Å²) < 4.78 is 7.74. The van der Waals surface area contributed by atoms with E-state index in [0.29, 0.717) is 0 Å². The van der Waals surface area contributed by atoms with Crippen molar-refractivity contribution in [2.45, 2.75) is 6.92 Å². The molecule has 0 unspecified atom stereocenters. The van der Waals surface area contributed by atoms with Gasteiger partial charge in [0.15, 0.2) is 0 Å². The molecule has 5 rings (SSSR count). The Labute approximate surface area is 139 Å². The van der Waals surface area contributed by atoms with Gasteiger partial charge in [-0.3, -0.25) is 4.40 Å². The SMILES string of the molecule is COc1cc2c3ccccc3c3nc4ccccn4c3c2cc1C. The molecule has 3 aromatic carbocycles. The zero-order valence-electron chi connectivity index (χ0n) is 13.6. The number of imidazole rings is 1. The van der Waals surface area contributed by atoms with Crippen molar-refractivity contribution in [1.82, 2.24) is 9.38 Å². The van der Waals surface area contributed by atoms with Crippen LogP contribution in [0.3, 0.4) is 0 Å². The number of ether oxygens (including phenoxy) is 1. The molecule has 5 aromatic rings. The molecule has 0 amide bonds. The Kier molecular flexibility index (Phi) is 2.63. The second-order valence-electron chi connectivity index (χ2n) is 6.15. The predicted molar refractivity (Wildman–Crippen MR) is 99.0 cm³/mol. The van der Waals surface area contributed by atoms with E-state index >= 15 is 0 Å². The smallest absolute Gasteiger partial charge is 0.137 e. The van der Waals surface area contributed by atoms with Gasteiger partial charge in [0.25, 0.3) is 0 Å². The van der Waals surface area contributed by atoms with Crippen molar-refractivity contribution in [2.75, 3.05) is 7.11 Å². The number of aryl methyl sites for hydroxylation is 1. The summed E-state index contributed by atoms with van der Waals surface area (Å²) in [6.45, 7) is 2.09. The topological polar surface area (TPSA) is 26.5 Å². The van der Waals surface area contributed by atoms with Crippen LogP contribution in [0.4, 0.5) is 0 Å². The highest BCUT2D eigenvalue weighted by Crippen LogP contribution is 2.38. The Bertz CT molecular complexity index is 1250. The molecule has 3 heteroatoms. The van der Waals surface area contributed by atoms with E-state index in [1.54, 1.807) is 7.11 Å². The summed E-state index contributed by atoms with van der Waals surface area (Å²) in [5, 5.41) is 4.79. The summed E-state index contributed by atoms with van der Waals surface area (Å²) in [6.07, 6.45) is 2.08. The number of hydrogen-bond donors (Lipinski definition) is 0. The first-order chi connectivity index (χ1) is 11.8. The molecule has 2 aromatic heterocycles. The molecule has 0 aliphatic carbocycles. The van der Waals surface area contributed by atoms with Crippen LogP contribution in [-0.2, 0) is 0 Å². The maximum absolute atomic E-state index is 5.56. The van der Waals surface area contributed by atoms with Crippen LogP contribution in [0.5, 0.6) is 5.75 Å². The van der Waals surface area contributed by atoms with Crippen molar-refractivity contribution < 1.29 is 4.74 Å². The Balaban J connectivity index is 2.17. The molecule has 116 valence electrons. The van der Waals surface area contributed by atoms with Gasteiger partial charge in [0.05, 0.1) is 18.1 Å². The Morgan fingerprint density at radius 2 is 1.67 bits per heavy atom. The van der Waals surface area contributed by atoms with Gasteiger partial charge in [0.1, 0.15) is 11.4 Å². The molecule has 3 nitrogen and oxygen atoms in total. The monoisotopic (exact) mass is 312 g/mol. The van der Waals surface area contributed by atoms with Crippen molar-refractivity contribution in [3.63, 3.8) is 0 Å². The minimum absolute atomic E-state index is 0.917. The van der Waals surface area contributed by atoms with Crippen LogP contribution >= 0.6 is 0 Å². The minimum atomic E-state index is 0.917. The average molecular weight is 312 g/mol. The van der Waals surface area contributed by atoms with Crippen molar-refractivity contribution in [3.8, 4) is 5.75 Å². The molecule has 0 saturated carbocycles. The van der Waals surface area contributed by atoms with E-state index in [2.05, 4.69) is 60.0 Å². The quantitative estimate of drug-likeness (QED) is 0.402. The fourth-order valence-corrected chi connectivity index (χ4v) is 3.69. The molecule has 0 fully saturated rings. The van der Waals surface area contributed by atoms with Gasteiger partial charge in [0, 0.05) is 17.0 Å². The maximum atomic E-state index is 5.56. The fraction of sp³-hybridized carbons (Fsp3) is 0.0952. The van der Waals surface area contributed by atoms with Gasteiger partial charge >= 0.3 is 0 Å². The van der Waals surface area contributed by atoms with Crippen LogP contribution in [0.15, 0.2) is 60.8 Å². The molecule has 0 aliphatic heterocycles. The van der Waals surface area contributed by atoms with Gasteiger partial charge < -0.3 is 4.74 Å². The third kappa shape index (κ3) is 1.64. The summed E-state index contributed by atoms with van der Waals surface area (Å²) in [7, 11) is 1.73. The van der Waals surface area contributed by atoms with Gasteiger partial charge in [-0.05, 0) is 47.5 Å².